The first-order valence-corrected chi connectivity index (χ1v) is 21.4. The summed E-state index contributed by atoms with van der Waals surface area (Å²) in [5, 5.41) is 33.3. The zero-order valence-corrected chi connectivity index (χ0v) is 32.3. The van der Waals surface area contributed by atoms with Crippen molar-refractivity contribution >= 4 is 5.91 Å². The Morgan fingerprint density at radius 2 is 1.06 bits per heavy atom. The second-order valence-corrected chi connectivity index (χ2v) is 16.0. The molecule has 0 radical (unpaired) electrons. The summed E-state index contributed by atoms with van der Waals surface area (Å²) in [5.74, 6) is 0.298. The number of nitrogens with one attached hydrogen (secondary N) is 9. The van der Waals surface area contributed by atoms with Crippen LogP contribution in [0.2, 0.25) is 0 Å². The molecule has 3 unspecified atom stereocenters. The van der Waals surface area contributed by atoms with Crippen molar-refractivity contribution in [3.05, 3.63) is 0 Å². The number of rotatable bonds is 1. The van der Waals surface area contributed by atoms with E-state index in [4.69, 9.17) is 0 Å². The van der Waals surface area contributed by atoms with Gasteiger partial charge in [-0.1, -0.05) is 12.8 Å². The lowest BCUT2D eigenvalue weighted by Gasteiger charge is -2.41. The zero-order valence-electron chi connectivity index (χ0n) is 32.3. The number of carbonyl (C=O) groups is 1. The highest BCUT2D eigenvalue weighted by molar-refractivity contribution is 5.82. The van der Waals surface area contributed by atoms with E-state index in [2.05, 4.69) is 62.6 Å². The molecule has 1 saturated carbocycles. The molecule has 4 heterocycles. The van der Waals surface area contributed by atoms with E-state index in [0.29, 0.717) is 18.0 Å². The Hall–Kier alpha value is -0.970. The lowest BCUT2D eigenvalue weighted by molar-refractivity contribution is -0.134. The van der Waals surface area contributed by atoms with E-state index >= 15 is 0 Å². The number of fused-ring (bicyclic) bond motifs is 2. The second kappa shape index (κ2) is 24.4. The Morgan fingerprint density at radius 1 is 0.471 bits per heavy atom. The number of carbonyl (C=O) groups excluding carboxylic acids is 1. The average molecular weight is 719 g/mol. The Balaban J connectivity index is 1.06. The molecule has 3 atom stereocenters. The summed E-state index contributed by atoms with van der Waals surface area (Å²) in [6.07, 6.45) is 13.4. The average Bonchev–Trinajstić information content (AvgIpc) is 3.81. The standard InChI is InChI=1S/C38H78N12O/c51-37(50-25-4-1-5-26-50)36-8-12-39-13-14-40-15-17-43-24-30-49-28-9-35(49)31-44-20-19-41-16-18-42-23-29-48-27-6-7-34(48)32-47-38(10-2-3-11-38)33-45-21-22-46-36/h34-36,39-47H,1-33H2. The van der Waals surface area contributed by atoms with Gasteiger partial charge in [0.2, 0.25) is 5.91 Å². The van der Waals surface area contributed by atoms with Gasteiger partial charge in [0.1, 0.15) is 0 Å². The molecule has 1 aliphatic carbocycles. The first-order chi connectivity index (χ1) is 25.2. The summed E-state index contributed by atoms with van der Waals surface area (Å²) in [6.45, 7) is 22.4. The lowest BCUT2D eigenvalue weighted by atomic mass is 9.96. The normalized spacial score (nSPS) is 31.2. The Bertz CT molecular complexity index is 917. The zero-order chi connectivity index (χ0) is 35.2. The fourth-order valence-corrected chi connectivity index (χ4v) is 8.85. The van der Waals surface area contributed by atoms with Gasteiger partial charge >= 0.3 is 0 Å². The third kappa shape index (κ3) is 15.0. The van der Waals surface area contributed by atoms with Crippen LogP contribution in [0.4, 0.5) is 0 Å². The minimum Gasteiger partial charge on any atom is -0.341 e. The molecule has 9 N–H and O–H groups in total. The van der Waals surface area contributed by atoms with Crippen molar-refractivity contribution in [2.45, 2.75) is 94.3 Å². The molecule has 51 heavy (non-hydrogen) atoms. The molecule has 5 fully saturated rings. The number of hydrogen-bond acceptors (Lipinski definition) is 12. The maximum atomic E-state index is 13.6. The van der Waals surface area contributed by atoms with E-state index in [1.165, 1.54) is 64.5 Å². The first-order valence-electron chi connectivity index (χ1n) is 21.4. The number of piperidine rings is 1. The summed E-state index contributed by atoms with van der Waals surface area (Å²) in [6, 6.07) is 1.22. The fraction of sp³-hybridized carbons (Fsp3) is 0.974. The topological polar surface area (TPSA) is 135 Å². The highest BCUT2D eigenvalue weighted by Crippen LogP contribution is 2.30. The summed E-state index contributed by atoms with van der Waals surface area (Å²) >= 11 is 0. The second-order valence-electron chi connectivity index (χ2n) is 16.0. The van der Waals surface area contributed by atoms with Crippen molar-refractivity contribution in [1.29, 1.82) is 0 Å². The van der Waals surface area contributed by atoms with Crippen molar-refractivity contribution in [2.24, 2.45) is 0 Å². The van der Waals surface area contributed by atoms with E-state index in [-0.39, 0.29) is 11.6 Å². The monoisotopic (exact) mass is 719 g/mol. The summed E-state index contributed by atoms with van der Waals surface area (Å²) in [4.78, 5) is 21.0. The van der Waals surface area contributed by atoms with E-state index in [9.17, 15) is 4.79 Å². The van der Waals surface area contributed by atoms with Gasteiger partial charge in [-0.15, -0.1) is 0 Å². The van der Waals surface area contributed by atoms with Crippen LogP contribution in [0.5, 0.6) is 0 Å². The highest BCUT2D eigenvalue weighted by atomic mass is 16.2. The molecule has 296 valence electrons. The van der Waals surface area contributed by atoms with Gasteiger partial charge < -0.3 is 52.8 Å². The van der Waals surface area contributed by atoms with Crippen LogP contribution in [0.3, 0.4) is 0 Å². The number of hydrogen-bond donors (Lipinski definition) is 9. The quantitative estimate of drug-likeness (QED) is 0.164. The van der Waals surface area contributed by atoms with Crippen LogP contribution in [0.1, 0.15) is 70.6 Å². The molecule has 0 aromatic heterocycles. The molecule has 0 aromatic carbocycles. The largest absolute Gasteiger partial charge is 0.341 e. The van der Waals surface area contributed by atoms with E-state index < -0.39 is 0 Å². The Morgan fingerprint density at radius 3 is 1.73 bits per heavy atom. The van der Waals surface area contributed by atoms with E-state index in [1.54, 1.807) is 0 Å². The van der Waals surface area contributed by atoms with Gasteiger partial charge in [-0.25, -0.2) is 0 Å². The van der Waals surface area contributed by atoms with Crippen LogP contribution < -0.4 is 47.9 Å². The van der Waals surface area contributed by atoms with E-state index in [0.717, 1.165) is 150 Å². The smallest absolute Gasteiger partial charge is 0.239 e. The minimum atomic E-state index is -0.114. The van der Waals surface area contributed by atoms with Crippen LogP contribution in [0, 0.1) is 0 Å². The third-order valence-corrected chi connectivity index (χ3v) is 12.2. The van der Waals surface area contributed by atoms with Gasteiger partial charge in [0.05, 0.1) is 6.04 Å². The van der Waals surface area contributed by atoms with Gasteiger partial charge in [-0.05, 0) is 70.9 Å². The molecule has 13 nitrogen and oxygen atoms in total. The highest BCUT2D eigenvalue weighted by Gasteiger charge is 2.35. The van der Waals surface area contributed by atoms with Crippen LogP contribution in [-0.2, 0) is 4.79 Å². The third-order valence-electron chi connectivity index (χ3n) is 12.2. The van der Waals surface area contributed by atoms with Crippen LogP contribution >= 0.6 is 0 Å². The van der Waals surface area contributed by atoms with Crippen LogP contribution in [-0.4, -0.2) is 188 Å². The van der Waals surface area contributed by atoms with Crippen LogP contribution in [0.25, 0.3) is 0 Å². The van der Waals surface area contributed by atoms with Crippen molar-refractivity contribution < 1.29 is 4.79 Å². The Kier molecular flexibility index (Phi) is 19.7. The molecule has 4 aliphatic heterocycles. The summed E-state index contributed by atoms with van der Waals surface area (Å²) in [5.41, 5.74) is 0.207. The van der Waals surface area contributed by atoms with Crippen LogP contribution in [0.15, 0.2) is 0 Å². The molecule has 0 aromatic rings. The van der Waals surface area contributed by atoms with Crippen molar-refractivity contribution in [3.8, 4) is 0 Å². The molecule has 1 amide bonds. The van der Waals surface area contributed by atoms with Gasteiger partial charge in [0, 0.05) is 149 Å². The molecule has 13 heteroatoms. The molecular formula is C38H78N12O. The van der Waals surface area contributed by atoms with Gasteiger partial charge in [-0.2, -0.15) is 0 Å². The van der Waals surface area contributed by atoms with Crippen molar-refractivity contribution in [2.75, 3.05) is 144 Å². The minimum absolute atomic E-state index is 0.114. The number of amides is 1. The number of nitrogens with zero attached hydrogens (tertiary/aromatic N) is 3. The molecule has 1 spiro atoms. The molecule has 4 saturated heterocycles. The molecule has 5 rings (SSSR count). The molecule has 5 aliphatic rings. The molecular weight excluding hydrogens is 641 g/mol. The van der Waals surface area contributed by atoms with Gasteiger partial charge in [0.15, 0.2) is 0 Å². The summed E-state index contributed by atoms with van der Waals surface area (Å²) < 4.78 is 0. The fourth-order valence-electron chi connectivity index (χ4n) is 8.85. The van der Waals surface area contributed by atoms with Gasteiger partial charge in [0.25, 0.3) is 0 Å². The lowest BCUT2D eigenvalue weighted by Crippen LogP contribution is -2.55. The SMILES string of the molecule is O=C(C1CCNCCNCCNCCN2CCC2CNCCNCCNCCN2CCCC2CNC2(CCCC2)CNCCN1)N1CCCCC1. The van der Waals surface area contributed by atoms with Gasteiger partial charge in [-0.3, -0.25) is 14.6 Å². The predicted molar refractivity (Wildman–Crippen MR) is 211 cm³/mol. The molecule has 0 bridgehead atoms. The maximum Gasteiger partial charge on any atom is 0.239 e. The summed E-state index contributed by atoms with van der Waals surface area (Å²) in [7, 11) is 0. The Labute approximate surface area is 311 Å². The predicted octanol–water partition coefficient (Wildman–Crippen LogP) is -1.07. The van der Waals surface area contributed by atoms with Crippen molar-refractivity contribution in [3.63, 3.8) is 0 Å². The van der Waals surface area contributed by atoms with Crippen molar-refractivity contribution in [1.82, 2.24) is 62.6 Å². The maximum absolute atomic E-state index is 13.6. The first kappa shape index (κ1) is 41.2. The van der Waals surface area contributed by atoms with E-state index in [1.807, 2.05) is 0 Å². The number of likely N-dealkylation sites (tertiary alicyclic amines) is 1.